The van der Waals surface area contributed by atoms with E-state index in [4.69, 9.17) is 5.11 Å². The standard InChI is InChI=1S/C17H11N3O4S/c21-15(12-3-1-2-4-13(12)20-24)19-17-18-9-14(25-17)10-5-7-11(8-6-10)16(22)23/h1-9H,(H,22,23)(H,18,19,21). The number of anilines is 1. The molecule has 0 saturated carbocycles. The summed E-state index contributed by atoms with van der Waals surface area (Å²) in [6, 6.07) is 12.6. The van der Waals surface area contributed by atoms with E-state index in [0.717, 1.165) is 10.4 Å². The van der Waals surface area contributed by atoms with Crippen LogP contribution in [0.25, 0.3) is 10.4 Å². The lowest BCUT2D eigenvalue weighted by atomic mass is 10.1. The van der Waals surface area contributed by atoms with Crippen LogP contribution in [0.2, 0.25) is 0 Å². The highest BCUT2D eigenvalue weighted by Crippen LogP contribution is 2.30. The third-order valence-electron chi connectivity index (χ3n) is 3.39. The lowest BCUT2D eigenvalue weighted by Gasteiger charge is -2.03. The van der Waals surface area contributed by atoms with Crippen molar-refractivity contribution in [1.29, 1.82) is 0 Å². The van der Waals surface area contributed by atoms with Gasteiger partial charge in [0.1, 0.15) is 5.69 Å². The van der Waals surface area contributed by atoms with Crippen LogP contribution in [-0.4, -0.2) is 22.0 Å². The van der Waals surface area contributed by atoms with Crippen LogP contribution in [0.4, 0.5) is 10.8 Å². The molecule has 1 aromatic heterocycles. The molecule has 2 N–H and O–H groups in total. The van der Waals surface area contributed by atoms with Crippen molar-refractivity contribution in [3.8, 4) is 10.4 Å². The molecule has 0 atom stereocenters. The van der Waals surface area contributed by atoms with Gasteiger partial charge in [0.25, 0.3) is 5.91 Å². The summed E-state index contributed by atoms with van der Waals surface area (Å²) >= 11 is 1.24. The molecule has 8 heteroatoms. The van der Waals surface area contributed by atoms with Crippen molar-refractivity contribution in [2.75, 3.05) is 5.32 Å². The minimum Gasteiger partial charge on any atom is -0.478 e. The van der Waals surface area contributed by atoms with Gasteiger partial charge in [-0.2, -0.15) is 0 Å². The van der Waals surface area contributed by atoms with Crippen LogP contribution in [0.15, 0.2) is 59.9 Å². The number of nitroso groups, excluding NO2 is 1. The van der Waals surface area contributed by atoms with Crippen LogP contribution in [0, 0.1) is 4.91 Å². The maximum absolute atomic E-state index is 12.3. The fourth-order valence-electron chi connectivity index (χ4n) is 2.15. The van der Waals surface area contributed by atoms with Gasteiger partial charge in [0.05, 0.1) is 16.0 Å². The van der Waals surface area contributed by atoms with Crippen LogP contribution < -0.4 is 5.32 Å². The normalized spacial score (nSPS) is 10.2. The molecule has 2 aromatic carbocycles. The number of nitrogens with one attached hydrogen (secondary N) is 1. The lowest BCUT2D eigenvalue weighted by Crippen LogP contribution is -2.11. The number of amides is 1. The van der Waals surface area contributed by atoms with Crippen LogP contribution in [-0.2, 0) is 0 Å². The van der Waals surface area contributed by atoms with E-state index in [9.17, 15) is 14.5 Å². The predicted octanol–water partition coefficient (Wildman–Crippen LogP) is 4.16. The molecular weight excluding hydrogens is 342 g/mol. The highest BCUT2D eigenvalue weighted by molar-refractivity contribution is 7.19. The largest absolute Gasteiger partial charge is 0.478 e. The molecular formula is C17H11N3O4S. The minimum absolute atomic E-state index is 0.0565. The first kappa shape index (κ1) is 16.5. The number of carbonyl (C=O) groups excluding carboxylic acids is 1. The molecule has 1 heterocycles. The topological polar surface area (TPSA) is 109 Å². The number of hydrogen-bond acceptors (Lipinski definition) is 6. The zero-order valence-corrected chi connectivity index (χ0v) is 13.5. The molecule has 0 unspecified atom stereocenters. The molecule has 7 nitrogen and oxygen atoms in total. The molecule has 0 aliphatic carbocycles. The highest BCUT2D eigenvalue weighted by Gasteiger charge is 2.14. The number of rotatable bonds is 5. The van der Waals surface area contributed by atoms with Gasteiger partial charge in [-0.05, 0) is 35.0 Å². The Morgan fingerprint density at radius 2 is 1.80 bits per heavy atom. The van der Waals surface area contributed by atoms with Gasteiger partial charge in [-0.1, -0.05) is 35.6 Å². The Balaban J connectivity index is 1.78. The summed E-state index contributed by atoms with van der Waals surface area (Å²) in [5.74, 6) is -1.47. The Hall–Kier alpha value is -3.39. The van der Waals surface area contributed by atoms with Crippen molar-refractivity contribution in [2.45, 2.75) is 0 Å². The average Bonchev–Trinajstić information content (AvgIpc) is 3.10. The van der Waals surface area contributed by atoms with E-state index >= 15 is 0 Å². The lowest BCUT2D eigenvalue weighted by molar-refractivity contribution is 0.0696. The zero-order chi connectivity index (χ0) is 17.8. The monoisotopic (exact) mass is 353 g/mol. The number of benzene rings is 2. The molecule has 0 fully saturated rings. The number of carbonyl (C=O) groups is 2. The van der Waals surface area contributed by atoms with Crippen molar-refractivity contribution in [1.82, 2.24) is 4.98 Å². The third kappa shape index (κ3) is 3.59. The summed E-state index contributed by atoms with van der Waals surface area (Å²) in [6.07, 6.45) is 1.58. The van der Waals surface area contributed by atoms with E-state index < -0.39 is 11.9 Å². The fraction of sp³-hybridized carbons (Fsp3) is 0. The van der Waals surface area contributed by atoms with Crippen molar-refractivity contribution in [3.05, 3.63) is 70.8 Å². The average molecular weight is 353 g/mol. The Morgan fingerprint density at radius 3 is 2.48 bits per heavy atom. The SMILES string of the molecule is O=Nc1ccccc1C(=O)Nc1ncc(-c2ccc(C(=O)O)cc2)s1. The minimum atomic E-state index is -0.994. The fourth-order valence-corrected chi connectivity index (χ4v) is 2.97. The number of carboxylic acid groups (broad SMARTS) is 1. The van der Waals surface area contributed by atoms with Crippen LogP contribution in [0.1, 0.15) is 20.7 Å². The van der Waals surface area contributed by atoms with E-state index in [0.29, 0.717) is 5.13 Å². The predicted molar refractivity (Wildman–Crippen MR) is 94.4 cm³/mol. The molecule has 1 amide bonds. The van der Waals surface area contributed by atoms with Gasteiger partial charge in [-0.15, -0.1) is 4.91 Å². The Morgan fingerprint density at radius 1 is 1.08 bits per heavy atom. The maximum Gasteiger partial charge on any atom is 0.335 e. The Bertz CT molecular complexity index is 951. The van der Waals surface area contributed by atoms with E-state index in [1.807, 2.05) is 0 Å². The van der Waals surface area contributed by atoms with Crippen LogP contribution in [0.5, 0.6) is 0 Å². The van der Waals surface area contributed by atoms with Gasteiger partial charge in [0.15, 0.2) is 5.13 Å². The highest BCUT2D eigenvalue weighted by atomic mass is 32.1. The smallest absolute Gasteiger partial charge is 0.335 e. The first-order valence-corrected chi connectivity index (χ1v) is 7.93. The van der Waals surface area contributed by atoms with Gasteiger partial charge in [-0.25, -0.2) is 9.78 Å². The molecule has 124 valence electrons. The molecule has 0 saturated heterocycles. The summed E-state index contributed by atoms with van der Waals surface area (Å²) in [6.45, 7) is 0. The first-order valence-electron chi connectivity index (χ1n) is 7.12. The molecule has 0 bridgehead atoms. The van der Waals surface area contributed by atoms with Crippen molar-refractivity contribution in [2.24, 2.45) is 5.18 Å². The second-order valence-corrected chi connectivity index (χ2v) is 6.01. The molecule has 0 aliphatic rings. The van der Waals surface area contributed by atoms with E-state index in [1.165, 1.54) is 35.6 Å². The van der Waals surface area contributed by atoms with Gasteiger partial charge >= 0.3 is 5.97 Å². The van der Waals surface area contributed by atoms with Gasteiger partial charge in [0, 0.05) is 6.20 Å². The summed E-state index contributed by atoms with van der Waals surface area (Å²) in [5, 5.41) is 14.7. The molecule has 3 rings (SSSR count). The van der Waals surface area contributed by atoms with E-state index in [1.54, 1.807) is 30.5 Å². The van der Waals surface area contributed by atoms with E-state index in [-0.39, 0.29) is 16.8 Å². The number of nitrogens with zero attached hydrogens (tertiary/aromatic N) is 2. The first-order chi connectivity index (χ1) is 12.1. The number of hydrogen-bond donors (Lipinski definition) is 2. The number of thiazole rings is 1. The second-order valence-electron chi connectivity index (χ2n) is 4.97. The van der Waals surface area contributed by atoms with Crippen molar-refractivity contribution >= 4 is 34.0 Å². The van der Waals surface area contributed by atoms with Crippen molar-refractivity contribution < 1.29 is 14.7 Å². The Labute approximate surface area is 145 Å². The Kier molecular flexibility index (Phi) is 4.62. The van der Waals surface area contributed by atoms with Crippen LogP contribution in [0.3, 0.4) is 0 Å². The number of aromatic carboxylic acids is 1. The molecule has 0 radical (unpaired) electrons. The number of carboxylic acids is 1. The van der Waals surface area contributed by atoms with Crippen molar-refractivity contribution in [3.63, 3.8) is 0 Å². The maximum atomic E-state index is 12.3. The second kappa shape index (κ2) is 7.02. The summed E-state index contributed by atoms with van der Waals surface area (Å²) in [5.41, 5.74) is 1.21. The van der Waals surface area contributed by atoms with Crippen LogP contribution >= 0.6 is 11.3 Å². The van der Waals surface area contributed by atoms with E-state index in [2.05, 4.69) is 15.5 Å². The summed E-state index contributed by atoms with van der Waals surface area (Å²) in [7, 11) is 0. The zero-order valence-electron chi connectivity index (χ0n) is 12.7. The van der Waals surface area contributed by atoms with Gasteiger partial charge < -0.3 is 5.11 Å². The third-order valence-corrected chi connectivity index (χ3v) is 4.35. The number of aromatic nitrogens is 1. The van der Waals surface area contributed by atoms with Gasteiger partial charge in [0.2, 0.25) is 0 Å². The summed E-state index contributed by atoms with van der Waals surface area (Å²) < 4.78 is 0. The molecule has 0 spiro atoms. The van der Waals surface area contributed by atoms with Gasteiger partial charge in [-0.3, -0.25) is 10.1 Å². The molecule has 25 heavy (non-hydrogen) atoms. The molecule has 3 aromatic rings. The quantitative estimate of drug-likeness (QED) is 0.670. The summed E-state index contributed by atoms with van der Waals surface area (Å²) in [4.78, 5) is 38.8. The molecule has 0 aliphatic heterocycles.